The summed E-state index contributed by atoms with van der Waals surface area (Å²) >= 11 is 7.96. The lowest BCUT2D eigenvalue weighted by Gasteiger charge is -2.11. The van der Waals surface area contributed by atoms with E-state index in [2.05, 4.69) is 35.0 Å². The standard InChI is InChI=1S/C17H14ClNOS/c18-14-7-12-3-5-20-17(12)13(8-14)10-19-15-1-2-16-11(9-15)4-6-21-16/h1-2,4,6-9,19H,3,5,10H2. The first kappa shape index (κ1) is 13.0. The van der Waals surface area contributed by atoms with E-state index in [0.29, 0.717) is 0 Å². The lowest BCUT2D eigenvalue weighted by molar-refractivity contribution is 0.354. The summed E-state index contributed by atoms with van der Waals surface area (Å²) < 4.78 is 7.05. The second kappa shape index (κ2) is 5.24. The number of thiophene rings is 1. The van der Waals surface area contributed by atoms with Crippen molar-refractivity contribution in [3.63, 3.8) is 0 Å². The van der Waals surface area contributed by atoms with Crippen molar-refractivity contribution in [1.82, 2.24) is 0 Å². The molecule has 1 N–H and O–H groups in total. The number of benzene rings is 2. The Morgan fingerprint density at radius 2 is 2.14 bits per heavy atom. The fourth-order valence-electron chi connectivity index (χ4n) is 2.75. The van der Waals surface area contributed by atoms with Crippen LogP contribution in [-0.2, 0) is 13.0 Å². The second-order valence-corrected chi connectivity index (χ2v) is 6.56. The highest BCUT2D eigenvalue weighted by Crippen LogP contribution is 2.33. The van der Waals surface area contributed by atoms with Crippen LogP contribution >= 0.6 is 22.9 Å². The summed E-state index contributed by atoms with van der Waals surface area (Å²) in [5.74, 6) is 1.00. The van der Waals surface area contributed by atoms with Crippen LogP contribution in [0.4, 0.5) is 5.69 Å². The van der Waals surface area contributed by atoms with Crippen molar-refractivity contribution in [1.29, 1.82) is 0 Å². The highest BCUT2D eigenvalue weighted by molar-refractivity contribution is 7.17. The van der Waals surface area contributed by atoms with Gasteiger partial charge in [-0.1, -0.05) is 11.6 Å². The molecule has 21 heavy (non-hydrogen) atoms. The molecule has 3 aromatic rings. The first-order chi connectivity index (χ1) is 10.3. The van der Waals surface area contributed by atoms with Gasteiger partial charge in [-0.25, -0.2) is 0 Å². The molecule has 0 spiro atoms. The molecule has 0 amide bonds. The van der Waals surface area contributed by atoms with Crippen LogP contribution in [0, 0.1) is 0 Å². The molecule has 0 bridgehead atoms. The minimum absolute atomic E-state index is 0.721. The number of rotatable bonds is 3. The number of ether oxygens (including phenoxy) is 1. The Labute approximate surface area is 132 Å². The van der Waals surface area contributed by atoms with Crippen LogP contribution < -0.4 is 10.1 Å². The first-order valence-corrected chi connectivity index (χ1v) is 8.20. The fraction of sp³-hybridized carbons (Fsp3) is 0.176. The van der Waals surface area contributed by atoms with E-state index in [-0.39, 0.29) is 0 Å². The van der Waals surface area contributed by atoms with Crippen molar-refractivity contribution in [3.05, 3.63) is 57.9 Å². The van der Waals surface area contributed by atoms with Crippen molar-refractivity contribution in [3.8, 4) is 5.75 Å². The van der Waals surface area contributed by atoms with Crippen LogP contribution in [0.1, 0.15) is 11.1 Å². The van der Waals surface area contributed by atoms with Gasteiger partial charge in [-0.3, -0.25) is 0 Å². The van der Waals surface area contributed by atoms with Gasteiger partial charge in [-0.15, -0.1) is 11.3 Å². The Morgan fingerprint density at radius 3 is 3.10 bits per heavy atom. The van der Waals surface area contributed by atoms with Crippen molar-refractivity contribution in [2.24, 2.45) is 0 Å². The molecule has 0 saturated heterocycles. The van der Waals surface area contributed by atoms with E-state index in [1.807, 2.05) is 12.1 Å². The number of fused-ring (bicyclic) bond motifs is 2. The summed E-state index contributed by atoms with van der Waals surface area (Å²) in [5, 5.41) is 7.64. The van der Waals surface area contributed by atoms with Crippen LogP contribution in [0.15, 0.2) is 41.8 Å². The van der Waals surface area contributed by atoms with Crippen molar-refractivity contribution >= 4 is 38.7 Å². The molecule has 0 unspecified atom stereocenters. The number of anilines is 1. The summed E-state index contributed by atoms with van der Waals surface area (Å²) in [7, 11) is 0. The van der Waals surface area contributed by atoms with Gasteiger partial charge in [0.25, 0.3) is 0 Å². The number of hydrogen-bond acceptors (Lipinski definition) is 3. The van der Waals surface area contributed by atoms with E-state index in [0.717, 1.165) is 41.6 Å². The van der Waals surface area contributed by atoms with Crippen LogP contribution in [0.25, 0.3) is 10.1 Å². The molecule has 0 radical (unpaired) electrons. The fourth-order valence-corrected chi connectivity index (χ4v) is 3.79. The molecule has 1 aliphatic heterocycles. The van der Waals surface area contributed by atoms with E-state index in [4.69, 9.17) is 16.3 Å². The highest BCUT2D eigenvalue weighted by atomic mass is 35.5. The molecular weight excluding hydrogens is 302 g/mol. The van der Waals surface area contributed by atoms with Gasteiger partial charge in [0.05, 0.1) is 6.61 Å². The molecule has 2 nitrogen and oxygen atoms in total. The van der Waals surface area contributed by atoms with Gasteiger partial charge in [-0.2, -0.15) is 0 Å². The third-order valence-corrected chi connectivity index (χ3v) is 4.88. The third kappa shape index (κ3) is 2.47. The second-order valence-electron chi connectivity index (χ2n) is 5.18. The maximum absolute atomic E-state index is 6.19. The van der Waals surface area contributed by atoms with Crippen LogP contribution in [-0.4, -0.2) is 6.61 Å². The average Bonchev–Trinajstić information content (AvgIpc) is 3.12. The van der Waals surface area contributed by atoms with Crippen molar-refractivity contribution in [2.45, 2.75) is 13.0 Å². The SMILES string of the molecule is Clc1cc2c(c(CNc3ccc4sccc4c3)c1)OCC2. The lowest BCUT2D eigenvalue weighted by Crippen LogP contribution is -2.01. The summed E-state index contributed by atoms with van der Waals surface area (Å²) in [5.41, 5.74) is 3.46. The number of hydrogen-bond donors (Lipinski definition) is 1. The molecule has 2 aromatic carbocycles. The largest absolute Gasteiger partial charge is 0.493 e. The maximum atomic E-state index is 6.19. The Morgan fingerprint density at radius 1 is 1.19 bits per heavy atom. The van der Waals surface area contributed by atoms with Gasteiger partial charge in [0, 0.05) is 33.9 Å². The van der Waals surface area contributed by atoms with Crippen molar-refractivity contribution in [2.75, 3.05) is 11.9 Å². The zero-order valence-electron chi connectivity index (χ0n) is 11.4. The van der Waals surface area contributed by atoms with E-state index >= 15 is 0 Å². The Kier molecular flexibility index (Phi) is 3.24. The topological polar surface area (TPSA) is 21.3 Å². The Bertz CT molecular complexity index is 812. The molecular formula is C17H14ClNOS. The molecule has 0 saturated carbocycles. The molecule has 4 rings (SSSR count). The molecule has 2 heterocycles. The van der Waals surface area contributed by atoms with Gasteiger partial charge < -0.3 is 10.1 Å². The third-order valence-electron chi connectivity index (χ3n) is 3.76. The smallest absolute Gasteiger partial charge is 0.127 e. The average molecular weight is 316 g/mol. The summed E-state index contributed by atoms with van der Waals surface area (Å²) in [6.45, 7) is 1.47. The molecule has 1 aliphatic rings. The molecule has 106 valence electrons. The van der Waals surface area contributed by atoms with Crippen molar-refractivity contribution < 1.29 is 4.74 Å². The Hall–Kier alpha value is -1.71. The van der Waals surface area contributed by atoms with Crippen LogP contribution in [0.5, 0.6) is 5.75 Å². The monoisotopic (exact) mass is 315 g/mol. The summed E-state index contributed by atoms with van der Waals surface area (Å²) in [6, 6.07) is 12.6. The molecule has 4 heteroatoms. The van der Waals surface area contributed by atoms with Gasteiger partial charge in [0.2, 0.25) is 0 Å². The van der Waals surface area contributed by atoms with E-state index < -0.39 is 0 Å². The van der Waals surface area contributed by atoms with Crippen LogP contribution in [0.3, 0.4) is 0 Å². The Balaban J connectivity index is 1.59. The highest BCUT2D eigenvalue weighted by Gasteiger charge is 2.17. The predicted octanol–water partition coefficient (Wildman–Crippen LogP) is 5.10. The van der Waals surface area contributed by atoms with E-state index in [1.165, 1.54) is 15.6 Å². The zero-order chi connectivity index (χ0) is 14.2. The lowest BCUT2D eigenvalue weighted by atomic mass is 10.1. The normalized spacial score (nSPS) is 13.2. The number of halogens is 1. The molecule has 1 aromatic heterocycles. The predicted molar refractivity (Wildman–Crippen MR) is 89.8 cm³/mol. The zero-order valence-corrected chi connectivity index (χ0v) is 12.9. The quantitative estimate of drug-likeness (QED) is 0.726. The van der Waals surface area contributed by atoms with Gasteiger partial charge in [0.15, 0.2) is 0 Å². The minimum Gasteiger partial charge on any atom is -0.493 e. The first-order valence-electron chi connectivity index (χ1n) is 6.95. The van der Waals surface area contributed by atoms with E-state index in [1.54, 1.807) is 11.3 Å². The minimum atomic E-state index is 0.721. The maximum Gasteiger partial charge on any atom is 0.127 e. The summed E-state index contributed by atoms with van der Waals surface area (Å²) in [6.07, 6.45) is 0.948. The van der Waals surface area contributed by atoms with Gasteiger partial charge in [-0.05, 0) is 52.7 Å². The summed E-state index contributed by atoms with van der Waals surface area (Å²) in [4.78, 5) is 0. The van der Waals surface area contributed by atoms with E-state index in [9.17, 15) is 0 Å². The van der Waals surface area contributed by atoms with Gasteiger partial charge >= 0.3 is 0 Å². The van der Waals surface area contributed by atoms with Gasteiger partial charge in [0.1, 0.15) is 5.75 Å². The molecule has 0 fully saturated rings. The number of nitrogens with one attached hydrogen (secondary N) is 1. The molecule has 0 atom stereocenters. The van der Waals surface area contributed by atoms with Crippen LogP contribution in [0.2, 0.25) is 5.02 Å². The molecule has 0 aliphatic carbocycles.